The molecule has 0 aliphatic carbocycles. The van der Waals surface area contributed by atoms with Crippen LogP contribution in [0.5, 0.6) is 11.5 Å². The minimum atomic E-state index is 0.0605. The topological polar surface area (TPSA) is 54.4 Å². The maximum atomic E-state index is 10.0. The summed E-state index contributed by atoms with van der Waals surface area (Å²) in [5, 5.41) is 14.0. The lowest BCUT2D eigenvalue weighted by Crippen LogP contribution is -2.01. The Morgan fingerprint density at radius 2 is 2.10 bits per heavy atom. The third kappa shape index (κ3) is 3.48. The molecule has 0 saturated carbocycles. The monoisotopic (exact) mass is 376 g/mol. The van der Waals surface area contributed by atoms with Crippen molar-refractivity contribution in [2.24, 2.45) is 0 Å². The SMILES string of the molecule is COc1cc(Cl)cc(CNc2cnc(Cl)c(Br)c2)c1O. The first-order chi connectivity index (χ1) is 9.51. The first-order valence-corrected chi connectivity index (χ1v) is 7.16. The van der Waals surface area contributed by atoms with Gasteiger partial charge in [-0.2, -0.15) is 0 Å². The second-order valence-corrected chi connectivity index (χ2v) is 5.61. The Morgan fingerprint density at radius 3 is 2.75 bits per heavy atom. The highest BCUT2D eigenvalue weighted by Gasteiger charge is 2.10. The highest BCUT2D eigenvalue weighted by Crippen LogP contribution is 2.34. The number of phenolic OH excluding ortho intramolecular Hbond substituents is 1. The second kappa shape index (κ2) is 6.52. The lowest BCUT2D eigenvalue weighted by molar-refractivity contribution is 0.371. The molecular weight excluding hydrogens is 367 g/mol. The number of ether oxygens (including phenoxy) is 1. The number of pyridine rings is 1. The van der Waals surface area contributed by atoms with Gasteiger partial charge in [-0.1, -0.05) is 23.2 Å². The number of methoxy groups -OCH3 is 1. The number of phenols is 1. The van der Waals surface area contributed by atoms with Crippen LogP contribution in [0, 0.1) is 0 Å². The van der Waals surface area contributed by atoms with Crippen LogP contribution >= 0.6 is 39.1 Å². The molecule has 1 aromatic carbocycles. The predicted octanol–water partition coefficient (Wildman–Crippen LogP) is 4.48. The van der Waals surface area contributed by atoms with E-state index in [4.69, 9.17) is 27.9 Å². The number of nitrogens with one attached hydrogen (secondary N) is 1. The summed E-state index contributed by atoms with van der Waals surface area (Å²) in [4.78, 5) is 4.01. The van der Waals surface area contributed by atoms with E-state index >= 15 is 0 Å². The van der Waals surface area contributed by atoms with Gasteiger partial charge in [0.25, 0.3) is 0 Å². The largest absolute Gasteiger partial charge is 0.504 e. The number of rotatable bonds is 4. The summed E-state index contributed by atoms with van der Waals surface area (Å²) in [6, 6.07) is 5.03. The van der Waals surface area contributed by atoms with Gasteiger partial charge < -0.3 is 15.2 Å². The Hall–Kier alpha value is -1.17. The van der Waals surface area contributed by atoms with Crippen LogP contribution in [0.3, 0.4) is 0 Å². The Balaban J connectivity index is 2.18. The summed E-state index contributed by atoms with van der Waals surface area (Å²) >= 11 is 15.1. The molecule has 0 bridgehead atoms. The standard InChI is InChI=1S/C13H11BrCl2N2O2/c1-20-11-3-8(15)2-7(12(11)19)5-17-9-4-10(14)13(16)18-6-9/h2-4,6,17,19H,5H2,1H3. The van der Waals surface area contributed by atoms with Gasteiger partial charge in [0.05, 0.1) is 23.5 Å². The average Bonchev–Trinajstić information content (AvgIpc) is 2.43. The van der Waals surface area contributed by atoms with Crippen molar-refractivity contribution in [1.82, 2.24) is 4.98 Å². The van der Waals surface area contributed by atoms with Crippen molar-refractivity contribution in [3.63, 3.8) is 0 Å². The molecule has 2 N–H and O–H groups in total. The number of aromatic nitrogens is 1. The number of halogens is 3. The van der Waals surface area contributed by atoms with Crippen molar-refractivity contribution in [2.45, 2.75) is 6.54 Å². The molecule has 0 fully saturated rings. The van der Waals surface area contributed by atoms with Gasteiger partial charge in [0, 0.05) is 23.2 Å². The fourth-order valence-electron chi connectivity index (χ4n) is 1.63. The van der Waals surface area contributed by atoms with Crippen molar-refractivity contribution in [3.8, 4) is 11.5 Å². The van der Waals surface area contributed by atoms with Crippen LogP contribution in [0.15, 0.2) is 28.9 Å². The predicted molar refractivity (Wildman–Crippen MR) is 83.9 cm³/mol. The molecule has 1 heterocycles. The van der Waals surface area contributed by atoms with E-state index in [1.54, 1.807) is 24.4 Å². The Kier molecular flexibility index (Phi) is 4.96. The van der Waals surface area contributed by atoms with Gasteiger partial charge in [0.2, 0.25) is 0 Å². The molecule has 0 aliphatic heterocycles. The number of hydrogen-bond acceptors (Lipinski definition) is 4. The lowest BCUT2D eigenvalue weighted by atomic mass is 10.2. The van der Waals surface area contributed by atoms with Gasteiger partial charge in [-0.05, 0) is 28.1 Å². The molecule has 0 saturated heterocycles. The first kappa shape index (κ1) is 15.2. The van der Waals surface area contributed by atoms with Crippen LogP contribution in [0.2, 0.25) is 10.2 Å². The van der Waals surface area contributed by atoms with Gasteiger partial charge in [-0.25, -0.2) is 4.98 Å². The Bertz CT molecular complexity index is 638. The third-order valence-electron chi connectivity index (χ3n) is 2.62. The van der Waals surface area contributed by atoms with E-state index in [0.29, 0.717) is 32.5 Å². The molecule has 0 spiro atoms. The van der Waals surface area contributed by atoms with Gasteiger partial charge in [-0.15, -0.1) is 0 Å². The maximum Gasteiger partial charge on any atom is 0.162 e. The molecule has 0 radical (unpaired) electrons. The Morgan fingerprint density at radius 1 is 1.35 bits per heavy atom. The lowest BCUT2D eigenvalue weighted by Gasteiger charge is -2.12. The maximum absolute atomic E-state index is 10.0. The second-order valence-electron chi connectivity index (χ2n) is 3.97. The molecule has 1 aromatic heterocycles. The zero-order chi connectivity index (χ0) is 14.7. The van der Waals surface area contributed by atoms with Gasteiger partial charge in [-0.3, -0.25) is 0 Å². The molecule has 20 heavy (non-hydrogen) atoms. The summed E-state index contributed by atoms with van der Waals surface area (Å²) in [6.07, 6.45) is 1.60. The van der Waals surface area contributed by atoms with Crippen molar-refractivity contribution in [1.29, 1.82) is 0 Å². The minimum absolute atomic E-state index is 0.0605. The summed E-state index contributed by atoms with van der Waals surface area (Å²) in [6.45, 7) is 0.374. The summed E-state index contributed by atoms with van der Waals surface area (Å²) in [5.74, 6) is 0.398. The molecule has 7 heteroatoms. The Labute approximate surface area is 134 Å². The van der Waals surface area contributed by atoms with E-state index in [-0.39, 0.29) is 5.75 Å². The van der Waals surface area contributed by atoms with Gasteiger partial charge >= 0.3 is 0 Å². The van der Waals surface area contributed by atoms with Gasteiger partial charge in [0.1, 0.15) is 5.15 Å². The number of benzene rings is 1. The number of anilines is 1. The number of hydrogen-bond donors (Lipinski definition) is 2. The van der Waals surface area contributed by atoms with Crippen molar-refractivity contribution in [3.05, 3.63) is 44.6 Å². The fourth-order valence-corrected chi connectivity index (χ4v) is 2.32. The zero-order valence-electron chi connectivity index (χ0n) is 10.5. The van der Waals surface area contributed by atoms with E-state index in [9.17, 15) is 5.11 Å². The van der Waals surface area contributed by atoms with E-state index in [0.717, 1.165) is 5.69 Å². The molecule has 4 nitrogen and oxygen atoms in total. The van der Waals surface area contributed by atoms with Crippen LogP contribution in [0.1, 0.15) is 5.56 Å². The highest BCUT2D eigenvalue weighted by atomic mass is 79.9. The van der Waals surface area contributed by atoms with E-state index < -0.39 is 0 Å². The van der Waals surface area contributed by atoms with Crippen LogP contribution in [0.4, 0.5) is 5.69 Å². The molecule has 0 amide bonds. The smallest absolute Gasteiger partial charge is 0.162 e. The first-order valence-electron chi connectivity index (χ1n) is 5.61. The highest BCUT2D eigenvalue weighted by molar-refractivity contribution is 9.10. The van der Waals surface area contributed by atoms with E-state index in [1.165, 1.54) is 7.11 Å². The van der Waals surface area contributed by atoms with Crippen LogP contribution in [-0.4, -0.2) is 17.2 Å². The molecule has 2 aromatic rings. The van der Waals surface area contributed by atoms with Crippen molar-refractivity contribution < 1.29 is 9.84 Å². The molecule has 0 aliphatic rings. The normalized spacial score (nSPS) is 10.4. The molecular formula is C13H11BrCl2N2O2. The molecule has 106 valence electrons. The quantitative estimate of drug-likeness (QED) is 0.771. The van der Waals surface area contributed by atoms with Crippen molar-refractivity contribution in [2.75, 3.05) is 12.4 Å². The van der Waals surface area contributed by atoms with Crippen LogP contribution < -0.4 is 10.1 Å². The summed E-state index contributed by atoms with van der Waals surface area (Å²) in [7, 11) is 1.48. The van der Waals surface area contributed by atoms with E-state index in [2.05, 4.69) is 26.2 Å². The molecule has 0 unspecified atom stereocenters. The average molecular weight is 378 g/mol. The van der Waals surface area contributed by atoms with Crippen LogP contribution in [0.25, 0.3) is 0 Å². The van der Waals surface area contributed by atoms with Crippen LogP contribution in [-0.2, 0) is 6.54 Å². The molecule has 0 atom stereocenters. The fraction of sp³-hybridized carbons (Fsp3) is 0.154. The molecule has 2 rings (SSSR count). The minimum Gasteiger partial charge on any atom is -0.504 e. The number of aromatic hydroxyl groups is 1. The third-order valence-corrected chi connectivity index (χ3v) is 3.97. The summed E-state index contributed by atoms with van der Waals surface area (Å²) < 4.78 is 5.75. The summed E-state index contributed by atoms with van der Waals surface area (Å²) in [5.41, 5.74) is 1.39. The number of nitrogens with zero attached hydrogens (tertiary/aromatic N) is 1. The van der Waals surface area contributed by atoms with E-state index in [1.807, 2.05) is 0 Å². The van der Waals surface area contributed by atoms with Crippen molar-refractivity contribution >= 4 is 44.8 Å². The zero-order valence-corrected chi connectivity index (χ0v) is 13.6. The van der Waals surface area contributed by atoms with Gasteiger partial charge in [0.15, 0.2) is 11.5 Å².